The average molecular weight is 314 g/mol. The minimum atomic E-state index is 0.283. The molecule has 2 unspecified atom stereocenters. The third-order valence-corrected chi connectivity index (χ3v) is 5.67. The first kappa shape index (κ1) is 16.5. The summed E-state index contributed by atoms with van der Waals surface area (Å²) in [4.78, 5) is 15.0. The van der Waals surface area contributed by atoms with Gasteiger partial charge in [-0.2, -0.15) is 0 Å². The van der Waals surface area contributed by atoms with Crippen LogP contribution in [0, 0.1) is 5.92 Å². The highest BCUT2D eigenvalue weighted by atomic mass is 16.2. The molecule has 1 saturated heterocycles. The highest BCUT2D eigenvalue weighted by molar-refractivity contribution is 5.79. The Morgan fingerprint density at radius 2 is 2.00 bits per heavy atom. The van der Waals surface area contributed by atoms with Crippen molar-refractivity contribution in [1.29, 1.82) is 0 Å². The smallest absolute Gasteiger partial charge is 0.227 e. The van der Waals surface area contributed by atoms with Crippen LogP contribution in [0.4, 0.5) is 0 Å². The fourth-order valence-electron chi connectivity index (χ4n) is 4.34. The van der Waals surface area contributed by atoms with E-state index in [4.69, 9.17) is 5.73 Å². The van der Waals surface area contributed by atoms with Gasteiger partial charge in [0.1, 0.15) is 0 Å². The Kier molecular flexibility index (Phi) is 5.37. The molecule has 126 valence electrons. The van der Waals surface area contributed by atoms with E-state index in [2.05, 4.69) is 30.0 Å². The first-order chi connectivity index (χ1) is 11.2. The van der Waals surface area contributed by atoms with Crippen molar-refractivity contribution in [2.24, 2.45) is 11.7 Å². The summed E-state index contributed by atoms with van der Waals surface area (Å²) in [5.41, 5.74) is 9.91. The molecular weight excluding hydrogens is 284 g/mol. The summed E-state index contributed by atoms with van der Waals surface area (Å²) >= 11 is 0. The van der Waals surface area contributed by atoms with E-state index in [-0.39, 0.29) is 5.91 Å². The van der Waals surface area contributed by atoms with Gasteiger partial charge in [0, 0.05) is 12.6 Å². The number of nitrogens with zero attached hydrogens (tertiary/aromatic N) is 1. The van der Waals surface area contributed by atoms with Crippen molar-refractivity contribution in [2.45, 2.75) is 64.3 Å². The lowest BCUT2D eigenvalue weighted by Gasteiger charge is -2.40. The van der Waals surface area contributed by atoms with Crippen LogP contribution in [-0.2, 0) is 24.1 Å². The Morgan fingerprint density at radius 3 is 2.78 bits per heavy atom. The maximum Gasteiger partial charge on any atom is 0.227 e. The van der Waals surface area contributed by atoms with E-state index in [0.29, 0.717) is 24.9 Å². The Hall–Kier alpha value is -1.35. The molecule has 3 nitrogen and oxygen atoms in total. The maximum absolute atomic E-state index is 12.9. The number of piperidine rings is 1. The van der Waals surface area contributed by atoms with Crippen molar-refractivity contribution in [3.05, 3.63) is 34.9 Å². The SMILES string of the molecule is CC1CCCN(C(=O)Cc2ccc3c(c2)CCCC3)C1CCN. The van der Waals surface area contributed by atoms with Crippen LogP contribution in [0.2, 0.25) is 0 Å². The Balaban J connectivity index is 1.70. The van der Waals surface area contributed by atoms with Gasteiger partial charge in [-0.3, -0.25) is 4.79 Å². The molecule has 1 aromatic rings. The second-order valence-electron chi connectivity index (χ2n) is 7.34. The molecule has 1 aliphatic heterocycles. The van der Waals surface area contributed by atoms with Crippen LogP contribution in [0.5, 0.6) is 0 Å². The predicted molar refractivity (Wildman–Crippen MR) is 94.4 cm³/mol. The minimum absolute atomic E-state index is 0.283. The molecule has 3 heteroatoms. The molecule has 0 spiro atoms. The van der Waals surface area contributed by atoms with E-state index in [0.717, 1.165) is 19.4 Å². The summed E-state index contributed by atoms with van der Waals surface area (Å²) in [6.45, 7) is 3.83. The predicted octanol–water partition coefficient (Wildman–Crippen LogP) is 3.08. The zero-order valence-electron chi connectivity index (χ0n) is 14.4. The molecule has 0 saturated carbocycles. The summed E-state index contributed by atoms with van der Waals surface area (Å²) in [5, 5.41) is 0. The monoisotopic (exact) mass is 314 g/mol. The van der Waals surface area contributed by atoms with Gasteiger partial charge in [-0.1, -0.05) is 25.1 Å². The molecule has 3 rings (SSSR count). The molecule has 0 radical (unpaired) electrons. The van der Waals surface area contributed by atoms with Crippen LogP contribution in [0.1, 0.15) is 55.7 Å². The average Bonchev–Trinajstić information content (AvgIpc) is 2.56. The lowest BCUT2D eigenvalue weighted by atomic mass is 9.87. The Labute approximate surface area is 140 Å². The van der Waals surface area contributed by atoms with Gasteiger partial charge in [0.05, 0.1) is 6.42 Å². The van der Waals surface area contributed by atoms with E-state index in [1.54, 1.807) is 0 Å². The summed E-state index contributed by atoms with van der Waals surface area (Å²) in [7, 11) is 0. The summed E-state index contributed by atoms with van der Waals surface area (Å²) in [6, 6.07) is 7.01. The normalized spacial score (nSPS) is 24.3. The largest absolute Gasteiger partial charge is 0.339 e. The molecule has 23 heavy (non-hydrogen) atoms. The van der Waals surface area contributed by atoms with E-state index in [9.17, 15) is 4.79 Å². The van der Waals surface area contributed by atoms with Gasteiger partial charge in [-0.05, 0) is 74.1 Å². The van der Waals surface area contributed by atoms with E-state index >= 15 is 0 Å². The number of likely N-dealkylation sites (tertiary alicyclic amines) is 1. The van der Waals surface area contributed by atoms with Crippen LogP contribution in [0.15, 0.2) is 18.2 Å². The molecule has 0 aromatic heterocycles. The number of nitrogens with two attached hydrogens (primary N) is 1. The van der Waals surface area contributed by atoms with Crippen molar-refractivity contribution in [2.75, 3.05) is 13.1 Å². The molecule has 2 N–H and O–H groups in total. The Morgan fingerprint density at radius 1 is 1.22 bits per heavy atom. The molecule has 0 bridgehead atoms. The van der Waals surface area contributed by atoms with Gasteiger partial charge in [-0.15, -0.1) is 0 Å². The number of hydrogen-bond acceptors (Lipinski definition) is 2. The molecule has 1 amide bonds. The first-order valence-corrected chi connectivity index (χ1v) is 9.29. The number of carbonyl (C=O) groups excluding carboxylic acids is 1. The zero-order chi connectivity index (χ0) is 16.2. The van der Waals surface area contributed by atoms with E-state index in [1.807, 2.05) is 0 Å². The van der Waals surface area contributed by atoms with Crippen LogP contribution < -0.4 is 5.73 Å². The molecule has 1 aromatic carbocycles. The number of amides is 1. The van der Waals surface area contributed by atoms with Crippen molar-refractivity contribution in [1.82, 2.24) is 4.90 Å². The highest BCUT2D eigenvalue weighted by Crippen LogP contribution is 2.27. The van der Waals surface area contributed by atoms with Gasteiger partial charge in [0.2, 0.25) is 5.91 Å². The van der Waals surface area contributed by atoms with Crippen LogP contribution in [0.3, 0.4) is 0 Å². The number of rotatable bonds is 4. The lowest BCUT2D eigenvalue weighted by molar-refractivity contribution is -0.135. The third kappa shape index (κ3) is 3.77. The van der Waals surface area contributed by atoms with Gasteiger partial charge in [0.15, 0.2) is 0 Å². The standard InChI is InChI=1S/C20H30N2O/c1-15-5-4-12-22(19(15)10-11-21)20(23)14-16-8-9-17-6-2-3-7-18(17)13-16/h8-9,13,15,19H,2-7,10-12,14,21H2,1H3. The topological polar surface area (TPSA) is 46.3 Å². The zero-order valence-corrected chi connectivity index (χ0v) is 14.4. The van der Waals surface area contributed by atoms with Crippen molar-refractivity contribution in [3.63, 3.8) is 0 Å². The van der Waals surface area contributed by atoms with E-state index < -0.39 is 0 Å². The second kappa shape index (κ2) is 7.48. The van der Waals surface area contributed by atoms with Gasteiger partial charge in [-0.25, -0.2) is 0 Å². The fraction of sp³-hybridized carbons (Fsp3) is 0.650. The molecule has 1 fully saturated rings. The van der Waals surface area contributed by atoms with Gasteiger partial charge < -0.3 is 10.6 Å². The fourth-order valence-corrected chi connectivity index (χ4v) is 4.34. The van der Waals surface area contributed by atoms with Gasteiger partial charge >= 0.3 is 0 Å². The quantitative estimate of drug-likeness (QED) is 0.928. The van der Waals surface area contributed by atoms with Crippen LogP contribution >= 0.6 is 0 Å². The number of fused-ring (bicyclic) bond motifs is 1. The van der Waals surface area contributed by atoms with Crippen molar-refractivity contribution >= 4 is 5.91 Å². The molecule has 2 atom stereocenters. The molecule has 2 aliphatic rings. The minimum Gasteiger partial charge on any atom is -0.339 e. The van der Waals surface area contributed by atoms with Gasteiger partial charge in [0.25, 0.3) is 0 Å². The molecular formula is C20H30N2O. The van der Waals surface area contributed by atoms with Crippen LogP contribution in [-0.4, -0.2) is 29.9 Å². The molecule has 1 aliphatic carbocycles. The number of carbonyl (C=O) groups is 1. The van der Waals surface area contributed by atoms with Crippen molar-refractivity contribution in [3.8, 4) is 0 Å². The number of benzene rings is 1. The summed E-state index contributed by atoms with van der Waals surface area (Å²) < 4.78 is 0. The number of hydrogen-bond donors (Lipinski definition) is 1. The maximum atomic E-state index is 12.9. The first-order valence-electron chi connectivity index (χ1n) is 9.29. The third-order valence-electron chi connectivity index (χ3n) is 5.67. The van der Waals surface area contributed by atoms with E-state index in [1.165, 1.54) is 48.8 Å². The molecule has 1 heterocycles. The number of aryl methyl sites for hydroxylation is 2. The van der Waals surface area contributed by atoms with Crippen LogP contribution in [0.25, 0.3) is 0 Å². The lowest BCUT2D eigenvalue weighted by Crippen LogP contribution is -2.49. The second-order valence-corrected chi connectivity index (χ2v) is 7.34. The highest BCUT2D eigenvalue weighted by Gasteiger charge is 2.31. The summed E-state index contributed by atoms with van der Waals surface area (Å²) in [5.74, 6) is 0.852. The van der Waals surface area contributed by atoms with Crippen molar-refractivity contribution < 1.29 is 4.79 Å². The Bertz CT molecular complexity index is 555. The summed E-state index contributed by atoms with van der Waals surface area (Å²) in [6.07, 6.45) is 8.77.